The van der Waals surface area contributed by atoms with Gasteiger partial charge in [0.05, 0.1) is 23.9 Å². The highest BCUT2D eigenvalue weighted by atomic mass is 16.7. The SMILES string of the molecule is COC(CNc1cccnc1Nc1ccc(C#N)cc1)OC. The second-order valence-corrected chi connectivity index (χ2v) is 4.50. The largest absolute Gasteiger partial charge is 0.377 e. The Morgan fingerprint density at radius 1 is 1.18 bits per heavy atom. The number of nitriles is 1. The second kappa shape index (κ2) is 7.98. The number of nitrogens with zero attached hydrogens (tertiary/aromatic N) is 2. The lowest BCUT2D eigenvalue weighted by Crippen LogP contribution is -2.24. The van der Waals surface area contributed by atoms with E-state index in [-0.39, 0.29) is 6.29 Å². The summed E-state index contributed by atoms with van der Waals surface area (Å²) >= 11 is 0. The Hall–Kier alpha value is -2.62. The Kier molecular flexibility index (Phi) is 5.72. The van der Waals surface area contributed by atoms with Crippen LogP contribution in [0.5, 0.6) is 0 Å². The lowest BCUT2D eigenvalue weighted by Gasteiger charge is -2.17. The van der Waals surface area contributed by atoms with Crippen LogP contribution in [0, 0.1) is 11.3 Å². The summed E-state index contributed by atoms with van der Waals surface area (Å²) in [5.41, 5.74) is 2.31. The van der Waals surface area contributed by atoms with E-state index in [2.05, 4.69) is 21.7 Å². The molecule has 114 valence electrons. The summed E-state index contributed by atoms with van der Waals surface area (Å²) in [6.07, 6.45) is 1.38. The highest BCUT2D eigenvalue weighted by molar-refractivity contribution is 5.70. The van der Waals surface area contributed by atoms with E-state index in [9.17, 15) is 0 Å². The number of pyridine rings is 1. The molecular formula is C16H18N4O2. The van der Waals surface area contributed by atoms with Gasteiger partial charge in [0.25, 0.3) is 0 Å². The predicted molar refractivity (Wildman–Crippen MR) is 85.0 cm³/mol. The zero-order chi connectivity index (χ0) is 15.8. The van der Waals surface area contributed by atoms with Crippen molar-refractivity contribution >= 4 is 17.2 Å². The molecule has 1 aromatic heterocycles. The summed E-state index contributed by atoms with van der Waals surface area (Å²) in [6.45, 7) is 0.501. The molecule has 0 amide bonds. The summed E-state index contributed by atoms with van der Waals surface area (Å²) < 4.78 is 10.3. The van der Waals surface area contributed by atoms with E-state index < -0.39 is 0 Å². The Labute approximate surface area is 129 Å². The fraction of sp³-hybridized carbons (Fsp3) is 0.250. The molecule has 6 heteroatoms. The third-order valence-electron chi connectivity index (χ3n) is 3.07. The second-order valence-electron chi connectivity index (χ2n) is 4.50. The maximum absolute atomic E-state index is 8.81. The number of hydrogen-bond donors (Lipinski definition) is 2. The molecule has 0 aliphatic carbocycles. The minimum Gasteiger partial charge on any atom is -0.377 e. The van der Waals surface area contributed by atoms with Crippen molar-refractivity contribution in [3.05, 3.63) is 48.2 Å². The first-order chi connectivity index (χ1) is 10.8. The Balaban J connectivity index is 2.08. The standard InChI is InChI=1S/C16H18N4O2/c1-21-15(22-2)11-19-14-4-3-9-18-16(14)20-13-7-5-12(10-17)6-8-13/h3-9,15,19H,11H2,1-2H3,(H,18,20). The van der Waals surface area contributed by atoms with Gasteiger partial charge in [-0.15, -0.1) is 0 Å². The molecule has 0 fully saturated rings. The number of nitrogens with one attached hydrogen (secondary N) is 2. The molecule has 0 spiro atoms. The van der Waals surface area contributed by atoms with E-state index in [4.69, 9.17) is 14.7 Å². The number of hydrogen-bond acceptors (Lipinski definition) is 6. The quantitative estimate of drug-likeness (QED) is 0.765. The summed E-state index contributed by atoms with van der Waals surface area (Å²) in [7, 11) is 3.18. The van der Waals surface area contributed by atoms with Crippen molar-refractivity contribution in [3.8, 4) is 6.07 Å². The van der Waals surface area contributed by atoms with E-state index in [1.54, 1.807) is 32.5 Å². The van der Waals surface area contributed by atoms with Gasteiger partial charge in [0.15, 0.2) is 12.1 Å². The third-order valence-corrected chi connectivity index (χ3v) is 3.07. The van der Waals surface area contributed by atoms with Crippen LogP contribution in [0.25, 0.3) is 0 Å². The topological polar surface area (TPSA) is 79.2 Å². The van der Waals surface area contributed by atoms with Gasteiger partial charge >= 0.3 is 0 Å². The first-order valence-electron chi connectivity index (χ1n) is 6.78. The highest BCUT2D eigenvalue weighted by Crippen LogP contribution is 2.23. The minimum absolute atomic E-state index is 0.331. The van der Waals surface area contributed by atoms with E-state index in [0.717, 1.165) is 11.4 Å². The van der Waals surface area contributed by atoms with E-state index in [0.29, 0.717) is 17.9 Å². The van der Waals surface area contributed by atoms with Gasteiger partial charge in [-0.3, -0.25) is 0 Å². The van der Waals surface area contributed by atoms with Gasteiger partial charge < -0.3 is 20.1 Å². The summed E-state index contributed by atoms with van der Waals surface area (Å²) in [4.78, 5) is 4.33. The van der Waals surface area contributed by atoms with Gasteiger partial charge in [0.1, 0.15) is 0 Å². The molecule has 1 heterocycles. The smallest absolute Gasteiger partial charge is 0.173 e. The zero-order valence-electron chi connectivity index (χ0n) is 12.5. The van der Waals surface area contributed by atoms with Crippen LogP contribution in [0.2, 0.25) is 0 Å². The molecule has 0 aliphatic rings. The molecule has 6 nitrogen and oxygen atoms in total. The van der Waals surface area contributed by atoms with Crippen LogP contribution in [0.15, 0.2) is 42.6 Å². The first-order valence-corrected chi connectivity index (χ1v) is 6.78. The molecule has 22 heavy (non-hydrogen) atoms. The lowest BCUT2D eigenvalue weighted by molar-refractivity contribution is -0.0914. The maximum Gasteiger partial charge on any atom is 0.173 e. The van der Waals surface area contributed by atoms with Crippen LogP contribution >= 0.6 is 0 Å². The van der Waals surface area contributed by atoms with Gasteiger partial charge in [-0.05, 0) is 36.4 Å². The third kappa shape index (κ3) is 4.19. The van der Waals surface area contributed by atoms with Crippen molar-refractivity contribution in [2.45, 2.75) is 6.29 Å². The van der Waals surface area contributed by atoms with Crippen LogP contribution in [0.3, 0.4) is 0 Å². The predicted octanol–water partition coefficient (Wildman–Crippen LogP) is 2.73. The fourth-order valence-electron chi connectivity index (χ4n) is 1.87. The Morgan fingerprint density at radius 2 is 1.91 bits per heavy atom. The van der Waals surface area contributed by atoms with Crippen molar-refractivity contribution in [2.24, 2.45) is 0 Å². The van der Waals surface area contributed by atoms with Crippen LogP contribution in [-0.4, -0.2) is 32.0 Å². The zero-order valence-corrected chi connectivity index (χ0v) is 12.5. The number of benzene rings is 1. The molecule has 0 bridgehead atoms. The van der Waals surface area contributed by atoms with Gasteiger partial charge in [0, 0.05) is 26.1 Å². The summed E-state index contributed by atoms with van der Waals surface area (Å²) in [6, 6.07) is 13.0. The molecular weight excluding hydrogens is 280 g/mol. The van der Waals surface area contributed by atoms with E-state index in [1.807, 2.05) is 24.3 Å². The van der Waals surface area contributed by atoms with E-state index in [1.165, 1.54) is 0 Å². The molecule has 0 atom stereocenters. The normalized spacial score (nSPS) is 10.3. The van der Waals surface area contributed by atoms with Crippen LogP contribution < -0.4 is 10.6 Å². The average molecular weight is 298 g/mol. The average Bonchev–Trinajstić information content (AvgIpc) is 2.58. The highest BCUT2D eigenvalue weighted by Gasteiger charge is 2.08. The van der Waals surface area contributed by atoms with E-state index >= 15 is 0 Å². The van der Waals surface area contributed by atoms with Crippen molar-refractivity contribution in [3.63, 3.8) is 0 Å². The fourth-order valence-corrected chi connectivity index (χ4v) is 1.87. The van der Waals surface area contributed by atoms with Crippen LogP contribution in [-0.2, 0) is 9.47 Å². The molecule has 0 saturated heterocycles. The van der Waals surface area contributed by atoms with Gasteiger partial charge in [-0.2, -0.15) is 5.26 Å². The van der Waals surface area contributed by atoms with Crippen LogP contribution in [0.4, 0.5) is 17.2 Å². The monoisotopic (exact) mass is 298 g/mol. The molecule has 0 saturated carbocycles. The van der Waals surface area contributed by atoms with Crippen molar-refractivity contribution in [1.82, 2.24) is 4.98 Å². The summed E-state index contributed by atoms with van der Waals surface area (Å²) in [5.74, 6) is 0.693. The molecule has 2 rings (SSSR count). The van der Waals surface area contributed by atoms with Crippen molar-refractivity contribution in [1.29, 1.82) is 5.26 Å². The lowest BCUT2D eigenvalue weighted by atomic mass is 10.2. The number of ether oxygens (including phenoxy) is 2. The van der Waals surface area contributed by atoms with Gasteiger partial charge in [0.2, 0.25) is 0 Å². The molecule has 0 aliphatic heterocycles. The molecule has 1 aromatic carbocycles. The Morgan fingerprint density at radius 3 is 2.55 bits per heavy atom. The first kappa shape index (κ1) is 15.8. The van der Waals surface area contributed by atoms with Crippen molar-refractivity contribution in [2.75, 3.05) is 31.4 Å². The van der Waals surface area contributed by atoms with Crippen LogP contribution in [0.1, 0.15) is 5.56 Å². The number of aromatic nitrogens is 1. The molecule has 0 radical (unpaired) electrons. The number of anilines is 3. The molecule has 2 N–H and O–H groups in total. The summed E-state index contributed by atoms with van der Waals surface area (Å²) in [5, 5.41) is 15.3. The van der Waals surface area contributed by atoms with Gasteiger partial charge in [-0.25, -0.2) is 4.98 Å². The van der Waals surface area contributed by atoms with Gasteiger partial charge in [-0.1, -0.05) is 0 Å². The molecule has 2 aromatic rings. The maximum atomic E-state index is 8.81. The minimum atomic E-state index is -0.331. The number of rotatable bonds is 7. The Bertz CT molecular complexity index is 633. The molecule has 0 unspecified atom stereocenters. The number of methoxy groups -OCH3 is 2. The van der Waals surface area contributed by atoms with Crippen molar-refractivity contribution < 1.29 is 9.47 Å².